The van der Waals surface area contributed by atoms with E-state index in [9.17, 15) is 0 Å². The third-order valence-corrected chi connectivity index (χ3v) is 3.56. The summed E-state index contributed by atoms with van der Waals surface area (Å²) in [6.45, 7) is 0. The molecule has 1 aliphatic carbocycles. The standard InChI is InChI=1S/C12H10NP/c13-14(11-7-3-1-4-8-11)12-9-5-2-6-10-12/h1-5,7-9H,13H2. The van der Waals surface area contributed by atoms with Gasteiger partial charge in [-0.25, -0.2) is 0 Å². The molecule has 1 aromatic rings. The third kappa shape index (κ3) is 1.93. The van der Waals surface area contributed by atoms with Crippen LogP contribution in [0.3, 0.4) is 0 Å². The van der Waals surface area contributed by atoms with E-state index in [0.29, 0.717) is 0 Å². The topological polar surface area (TPSA) is 26.0 Å². The first-order valence-electron chi connectivity index (χ1n) is 4.36. The molecule has 0 heterocycles. The summed E-state index contributed by atoms with van der Waals surface area (Å²) in [5.74, 6) is 0. The van der Waals surface area contributed by atoms with E-state index in [0.717, 1.165) is 5.31 Å². The predicted molar refractivity (Wildman–Crippen MR) is 61.4 cm³/mol. The van der Waals surface area contributed by atoms with Crippen LogP contribution in [0.15, 0.2) is 65.3 Å². The summed E-state index contributed by atoms with van der Waals surface area (Å²) in [5.41, 5.74) is 12.1. The lowest BCUT2D eigenvalue weighted by atomic mass is 10.4. The second kappa shape index (κ2) is 4.24. The number of nitrogens with two attached hydrogens (primary N) is 1. The fraction of sp³-hybridized carbons (Fsp3) is 0. The normalized spacial score (nSPS) is 15.4. The highest BCUT2D eigenvalue weighted by Gasteiger charge is 2.08. The number of allylic oxidation sites excluding steroid dienone is 4. The molecule has 0 radical (unpaired) electrons. The molecule has 0 bridgehead atoms. The zero-order valence-corrected chi connectivity index (χ0v) is 8.54. The lowest BCUT2D eigenvalue weighted by Crippen LogP contribution is -2.06. The Morgan fingerprint density at radius 2 is 1.93 bits per heavy atom. The molecule has 0 aliphatic heterocycles. The second-order valence-electron chi connectivity index (χ2n) is 2.89. The molecule has 2 N–H and O–H groups in total. The highest BCUT2D eigenvalue weighted by atomic mass is 31.1. The summed E-state index contributed by atoms with van der Waals surface area (Å²) in [6, 6.07) is 10.1. The molecule has 14 heavy (non-hydrogen) atoms. The molecule has 0 amide bonds. The Bertz CT molecular complexity index is 446. The van der Waals surface area contributed by atoms with Crippen LogP contribution in [0.25, 0.3) is 0 Å². The SMILES string of the molecule is NP(C1=C=C=CC=C1)c1ccccc1. The van der Waals surface area contributed by atoms with E-state index in [-0.39, 0.29) is 0 Å². The molecule has 0 spiro atoms. The summed E-state index contributed by atoms with van der Waals surface area (Å²) in [5, 5.41) is 2.20. The molecule has 0 aromatic heterocycles. The van der Waals surface area contributed by atoms with E-state index in [1.165, 1.54) is 5.30 Å². The van der Waals surface area contributed by atoms with Crippen molar-refractivity contribution < 1.29 is 0 Å². The monoisotopic (exact) mass is 199 g/mol. The summed E-state index contributed by atoms with van der Waals surface area (Å²) in [4.78, 5) is 0. The van der Waals surface area contributed by atoms with Crippen molar-refractivity contribution in [3.05, 3.63) is 65.3 Å². The maximum atomic E-state index is 6.13. The van der Waals surface area contributed by atoms with E-state index in [1.54, 1.807) is 0 Å². The van der Waals surface area contributed by atoms with Crippen LogP contribution >= 0.6 is 8.07 Å². The van der Waals surface area contributed by atoms with Gasteiger partial charge in [0.15, 0.2) is 0 Å². The molecule has 1 atom stereocenters. The van der Waals surface area contributed by atoms with Gasteiger partial charge in [-0.2, -0.15) is 0 Å². The molecule has 1 nitrogen and oxygen atoms in total. The Morgan fingerprint density at radius 3 is 2.57 bits per heavy atom. The molecule has 1 aromatic carbocycles. The smallest absolute Gasteiger partial charge is 0.0450 e. The first-order valence-corrected chi connectivity index (χ1v) is 5.77. The molecular weight excluding hydrogens is 189 g/mol. The summed E-state index contributed by atoms with van der Waals surface area (Å²) in [6.07, 6.45) is 5.77. The molecule has 2 rings (SSSR count). The van der Waals surface area contributed by atoms with Crippen LogP contribution in [0.4, 0.5) is 0 Å². The first-order chi connectivity index (χ1) is 6.88. The largest absolute Gasteiger partial charge is 0.302 e. The molecule has 1 unspecified atom stereocenters. The van der Waals surface area contributed by atoms with Crippen LogP contribution in [0.1, 0.15) is 0 Å². The third-order valence-electron chi connectivity index (χ3n) is 1.93. The Balaban J connectivity index is 2.34. The minimum Gasteiger partial charge on any atom is -0.302 e. The van der Waals surface area contributed by atoms with Gasteiger partial charge in [0.25, 0.3) is 0 Å². The van der Waals surface area contributed by atoms with Crippen molar-refractivity contribution in [2.45, 2.75) is 0 Å². The van der Waals surface area contributed by atoms with E-state index >= 15 is 0 Å². The van der Waals surface area contributed by atoms with Gasteiger partial charge in [-0.05, 0) is 17.5 Å². The lowest BCUT2D eigenvalue weighted by Gasteiger charge is -2.11. The Hall–Kier alpha value is -1.35. The van der Waals surface area contributed by atoms with Crippen LogP contribution < -0.4 is 10.8 Å². The maximum absolute atomic E-state index is 6.13. The fourth-order valence-corrected chi connectivity index (χ4v) is 2.42. The molecule has 0 saturated carbocycles. The van der Waals surface area contributed by atoms with E-state index in [1.807, 2.05) is 48.6 Å². The van der Waals surface area contributed by atoms with Crippen molar-refractivity contribution in [1.29, 1.82) is 0 Å². The summed E-state index contributed by atoms with van der Waals surface area (Å²) >= 11 is 0. The molecular formula is C12H10NP. The van der Waals surface area contributed by atoms with Crippen molar-refractivity contribution in [1.82, 2.24) is 0 Å². The minimum atomic E-state index is -0.758. The van der Waals surface area contributed by atoms with Gasteiger partial charge in [0.05, 0.1) is 0 Å². The van der Waals surface area contributed by atoms with Gasteiger partial charge >= 0.3 is 0 Å². The van der Waals surface area contributed by atoms with E-state index in [4.69, 9.17) is 5.50 Å². The minimum absolute atomic E-state index is 0.758. The van der Waals surface area contributed by atoms with Crippen molar-refractivity contribution in [3.8, 4) is 0 Å². The summed E-state index contributed by atoms with van der Waals surface area (Å²) in [7, 11) is -0.758. The molecule has 0 saturated heterocycles. The number of rotatable bonds is 2. The van der Waals surface area contributed by atoms with Gasteiger partial charge in [0, 0.05) is 13.4 Å². The van der Waals surface area contributed by atoms with E-state index < -0.39 is 8.07 Å². The lowest BCUT2D eigenvalue weighted by molar-refractivity contribution is 1.73. The van der Waals surface area contributed by atoms with Crippen LogP contribution in [0.5, 0.6) is 0 Å². The highest BCUT2D eigenvalue weighted by Crippen LogP contribution is 2.35. The number of hydrogen-bond acceptors (Lipinski definition) is 1. The number of hydrogen-bond donors (Lipinski definition) is 1. The van der Waals surface area contributed by atoms with Crippen LogP contribution in [-0.2, 0) is 0 Å². The van der Waals surface area contributed by atoms with Crippen LogP contribution in [0.2, 0.25) is 0 Å². The van der Waals surface area contributed by atoms with Crippen molar-refractivity contribution in [2.75, 3.05) is 0 Å². The average molecular weight is 199 g/mol. The maximum Gasteiger partial charge on any atom is 0.0450 e. The first kappa shape index (κ1) is 9.21. The second-order valence-corrected chi connectivity index (χ2v) is 4.62. The van der Waals surface area contributed by atoms with Gasteiger partial charge in [0.1, 0.15) is 0 Å². The molecule has 68 valence electrons. The fourth-order valence-electron chi connectivity index (χ4n) is 1.21. The van der Waals surface area contributed by atoms with E-state index in [2.05, 4.69) is 11.5 Å². The Morgan fingerprint density at radius 1 is 1.14 bits per heavy atom. The van der Waals surface area contributed by atoms with Crippen molar-refractivity contribution in [2.24, 2.45) is 5.50 Å². The van der Waals surface area contributed by atoms with Crippen LogP contribution in [-0.4, -0.2) is 0 Å². The van der Waals surface area contributed by atoms with Crippen LogP contribution in [0, 0.1) is 0 Å². The molecule has 2 heteroatoms. The quantitative estimate of drug-likeness (QED) is 0.574. The average Bonchev–Trinajstić information content (AvgIpc) is 2.30. The number of benzene rings is 1. The van der Waals surface area contributed by atoms with Gasteiger partial charge < -0.3 is 5.50 Å². The van der Waals surface area contributed by atoms with Gasteiger partial charge in [-0.15, -0.1) is 0 Å². The van der Waals surface area contributed by atoms with Gasteiger partial charge in [-0.1, -0.05) is 47.9 Å². The summed E-state index contributed by atoms with van der Waals surface area (Å²) < 4.78 is 0. The molecule has 1 aliphatic rings. The zero-order valence-electron chi connectivity index (χ0n) is 7.64. The van der Waals surface area contributed by atoms with Gasteiger partial charge in [-0.3, -0.25) is 0 Å². The Labute approximate surface area is 84.8 Å². The Kier molecular flexibility index (Phi) is 2.79. The predicted octanol–water partition coefficient (Wildman–Crippen LogP) is 2.43. The molecule has 0 fully saturated rings. The highest BCUT2D eigenvalue weighted by molar-refractivity contribution is 7.67. The van der Waals surface area contributed by atoms with Crippen molar-refractivity contribution in [3.63, 3.8) is 0 Å². The zero-order chi connectivity index (χ0) is 9.80. The van der Waals surface area contributed by atoms with Crippen molar-refractivity contribution >= 4 is 13.4 Å². The van der Waals surface area contributed by atoms with Gasteiger partial charge in [0.2, 0.25) is 0 Å².